The Hall–Kier alpha value is -1.22. The lowest BCUT2D eigenvalue weighted by Crippen LogP contribution is -2.27. The fourth-order valence-corrected chi connectivity index (χ4v) is 3.74. The molecule has 0 bridgehead atoms. The van der Waals surface area contributed by atoms with E-state index in [0.29, 0.717) is 12.1 Å². The molecule has 2 aliphatic carbocycles. The number of likely N-dealkylation sites (tertiary alicyclic amines) is 1. The van der Waals surface area contributed by atoms with Gasteiger partial charge in [0.05, 0.1) is 6.10 Å². The molecule has 2 saturated carbocycles. The van der Waals surface area contributed by atoms with E-state index in [1.54, 1.807) is 0 Å². The molecule has 1 N–H and O–H groups in total. The highest BCUT2D eigenvalue weighted by molar-refractivity contribution is 5.47. The molecule has 1 aliphatic heterocycles. The fraction of sp³-hybridized carbons (Fsp3) is 0.667. The van der Waals surface area contributed by atoms with Crippen LogP contribution in [0.15, 0.2) is 24.3 Å². The van der Waals surface area contributed by atoms with E-state index in [9.17, 15) is 0 Å². The van der Waals surface area contributed by atoms with Crippen LogP contribution in [0.3, 0.4) is 0 Å². The van der Waals surface area contributed by atoms with Crippen LogP contribution >= 0.6 is 0 Å². The summed E-state index contributed by atoms with van der Waals surface area (Å²) in [4.78, 5) is 2.65. The molecule has 3 fully saturated rings. The van der Waals surface area contributed by atoms with Gasteiger partial charge in [-0.1, -0.05) is 0 Å². The quantitative estimate of drug-likeness (QED) is 0.894. The molecule has 3 nitrogen and oxygen atoms in total. The Morgan fingerprint density at radius 2 is 1.71 bits per heavy atom. The number of nitrogens with zero attached hydrogens (tertiary/aromatic N) is 1. The fourth-order valence-electron chi connectivity index (χ4n) is 3.74. The third kappa shape index (κ3) is 3.34. The number of anilines is 1. The molecular weight excluding hydrogens is 260 g/mol. The summed E-state index contributed by atoms with van der Waals surface area (Å²) in [5.41, 5.74) is 1.23. The minimum absolute atomic E-state index is 0.450. The van der Waals surface area contributed by atoms with Gasteiger partial charge in [-0.2, -0.15) is 0 Å². The lowest BCUT2D eigenvalue weighted by molar-refractivity contribution is 0.210. The van der Waals surface area contributed by atoms with Crippen molar-refractivity contribution in [1.29, 1.82) is 0 Å². The highest BCUT2D eigenvalue weighted by Gasteiger charge is 2.34. The third-order valence-corrected chi connectivity index (χ3v) is 5.11. The second kappa shape index (κ2) is 5.88. The summed E-state index contributed by atoms with van der Waals surface area (Å²) in [7, 11) is 0. The van der Waals surface area contributed by atoms with E-state index in [1.807, 2.05) is 0 Å². The number of rotatable bonds is 5. The number of benzene rings is 1. The zero-order valence-corrected chi connectivity index (χ0v) is 12.8. The van der Waals surface area contributed by atoms with Crippen LogP contribution in [0.1, 0.15) is 44.9 Å². The maximum Gasteiger partial charge on any atom is 0.119 e. The van der Waals surface area contributed by atoms with Gasteiger partial charge in [0.15, 0.2) is 0 Å². The van der Waals surface area contributed by atoms with Crippen LogP contribution < -0.4 is 10.1 Å². The summed E-state index contributed by atoms with van der Waals surface area (Å²) in [5.74, 6) is 1.03. The van der Waals surface area contributed by atoms with Gasteiger partial charge in [0.25, 0.3) is 0 Å². The molecule has 0 spiro atoms. The highest BCUT2D eigenvalue weighted by Crippen LogP contribution is 2.31. The van der Waals surface area contributed by atoms with Crippen molar-refractivity contribution in [3.8, 4) is 5.75 Å². The first-order valence-corrected chi connectivity index (χ1v) is 8.64. The molecule has 1 saturated heterocycles. The number of nitrogens with one attached hydrogen (secondary N) is 1. The first-order valence-electron chi connectivity index (χ1n) is 8.64. The monoisotopic (exact) mass is 286 g/mol. The van der Waals surface area contributed by atoms with Crippen LogP contribution in [-0.4, -0.2) is 36.2 Å². The largest absolute Gasteiger partial charge is 0.490 e. The Balaban J connectivity index is 1.29. The molecule has 1 aromatic rings. The van der Waals surface area contributed by atoms with Gasteiger partial charge in [-0.15, -0.1) is 0 Å². The molecule has 0 radical (unpaired) electrons. The van der Waals surface area contributed by atoms with Crippen molar-refractivity contribution in [2.75, 3.05) is 18.4 Å². The summed E-state index contributed by atoms with van der Waals surface area (Å²) in [6.45, 7) is 2.48. The van der Waals surface area contributed by atoms with E-state index in [-0.39, 0.29) is 0 Å². The first kappa shape index (κ1) is 13.4. The average Bonchev–Trinajstić information content (AvgIpc) is 3.03. The molecule has 3 heteroatoms. The molecule has 0 amide bonds. The predicted octanol–water partition coefficient (Wildman–Crippen LogP) is 3.66. The Morgan fingerprint density at radius 1 is 0.952 bits per heavy atom. The van der Waals surface area contributed by atoms with E-state index < -0.39 is 0 Å². The second-order valence-corrected chi connectivity index (χ2v) is 6.90. The first-order chi connectivity index (χ1) is 10.4. The minimum Gasteiger partial charge on any atom is -0.490 e. The zero-order chi connectivity index (χ0) is 14.1. The SMILES string of the molecule is c1cc(OC2CCCC2)ccc1NC1CCN(C2CC2)C1. The van der Waals surface area contributed by atoms with Crippen LogP contribution in [0, 0.1) is 0 Å². The zero-order valence-electron chi connectivity index (χ0n) is 12.8. The lowest BCUT2D eigenvalue weighted by Gasteiger charge is -2.17. The van der Waals surface area contributed by atoms with E-state index in [4.69, 9.17) is 4.74 Å². The van der Waals surface area contributed by atoms with Crippen LogP contribution in [0.2, 0.25) is 0 Å². The van der Waals surface area contributed by atoms with Gasteiger partial charge in [0.2, 0.25) is 0 Å². The highest BCUT2D eigenvalue weighted by atomic mass is 16.5. The van der Waals surface area contributed by atoms with Crippen LogP contribution in [0.4, 0.5) is 5.69 Å². The Morgan fingerprint density at radius 3 is 2.43 bits per heavy atom. The average molecular weight is 286 g/mol. The summed E-state index contributed by atoms with van der Waals surface area (Å²) < 4.78 is 6.02. The predicted molar refractivity (Wildman–Crippen MR) is 85.9 cm³/mol. The maximum absolute atomic E-state index is 6.02. The molecule has 1 heterocycles. The standard InChI is InChI=1S/C18H26N2O/c1-2-4-17(3-1)21-18-9-5-14(6-10-18)19-15-11-12-20(13-15)16-7-8-16/h5-6,9-10,15-17,19H,1-4,7-8,11-13H2. The van der Waals surface area contributed by atoms with E-state index >= 15 is 0 Å². The smallest absolute Gasteiger partial charge is 0.119 e. The summed E-state index contributed by atoms with van der Waals surface area (Å²) in [6, 6.07) is 10.1. The summed E-state index contributed by atoms with van der Waals surface area (Å²) in [6.07, 6.45) is 9.65. The second-order valence-electron chi connectivity index (χ2n) is 6.90. The molecule has 3 aliphatic rings. The molecular formula is C18H26N2O. The normalized spacial score (nSPS) is 27.1. The van der Waals surface area contributed by atoms with E-state index in [0.717, 1.165) is 11.8 Å². The van der Waals surface area contributed by atoms with Crippen molar-refractivity contribution < 1.29 is 4.74 Å². The number of ether oxygens (including phenoxy) is 1. The topological polar surface area (TPSA) is 24.5 Å². The van der Waals surface area contributed by atoms with Crippen LogP contribution in [0.5, 0.6) is 5.75 Å². The Labute approximate surface area is 127 Å². The molecule has 114 valence electrons. The van der Waals surface area contributed by atoms with Gasteiger partial charge < -0.3 is 10.1 Å². The number of hydrogen-bond donors (Lipinski definition) is 1. The Bertz CT molecular complexity index is 463. The molecule has 1 unspecified atom stereocenters. The number of hydrogen-bond acceptors (Lipinski definition) is 3. The van der Waals surface area contributed by atoms with Gasteiger partial charge in [0, 0.05) is 30.9 Å². The molecule has 4 rings (SSSR count). The lowest BCUT2D eigenvalue weighted by atomic mass is 10.2. The van der Waals surface area contributed by atoms with Crippen molar-refractivity contribution in [2.45, 2.75) is 63.1 Å². The summed E-state index contributed by atoms with van der Waals surface area (Å²) in [5, 5.41) is 3.68. The van der Waals surface area contributed by atoms with Gasteiger partial charge in [-0.05, 0) is 69.2 Å². The molecule has 1 atom stereocenters. The van der Waals surface area contributed by atoms with Gasteiger partial charge in [-0.3, -0.25) is 4.90 Å². The molecule has 0 aromatic heterocycles. The van der Waals surface area contributed by atoms with Gasteiger partial charge in [-0.25, -0.2) is 0 Å². The van der Waals surface area contributed by atoms with E-state index in [2.05, 4.69) is 34.5 Å². The van der Waals surface area contributed by atoms with Crippen LogP contribution in [-0.2, 0) is 0 Å². The summed E-state index contributed by atoms with van der Waals surface area (Å²) >= 11 is 0. The van der Waals surface area contributed by atoms with Crippen LogP contribution in [0.25, 0.3) is 0 Å². The van der Waals surface area contributed by atoms with Gasteiger partial charge in [0.1, 0.15) is 5.75 Å². The molecule has 1 aromatic carbocycles. The van der Waals surface area contributed by atoms with E-state index in [1.165, 1.54) is 63.7 Å². The van der Waals surface area contributed by atoms with Crippen molar-refractivity contribution >= 4 is 5.69 Å². The third-order valence-electron chi connectivity index (χ3n) is 5.11. The molecule has 21 heavy (non-hydrogen) atoms. The Kier molecular flexibility index (Phi) is 3.76. The minimum atomic E-state index is 0.450. The van der Waals surface area contributed by atoms with Crippen molar-refractivity contribution in [1.82, 2.24) is 4.90 Å². The van der Waals surface area contributed by atoms with Gasteiger partial charge >= 0.3 is 0 Å². The van der Waals surface area contributed by atoms with Crippen molar-refractivity contribution in [3.05, 3.63) is 24.3 Å². The van der Waals surface area contributed by atoms with Crippen molar-refractivity contribution in [3.63, 3.8) is 0 Å². The maximum atomic E-state index is 6.02. The van der Waals surface area contributed by atoms with Crippen molar-refractivity contribution in [2.24, 2.45) is 0 Å².